The molecule has 0 radical (unpaired) electrons. The molecule has 0 saturated carbocycles. The molecule has 0 unspecified atom stereocenters. The van der Waals surface area contributed by atoms with Crippen molar-refractivity contribution in [2.45, 2.75) is 83.5 Å². The summed E-state index contributed by atoms with van der Waals surface area (Å²) in [4.78, 5) is 0. The van der Waals surface area contributed by atoms with Crippen LogP contribution in [-0.4, -0.2) is 0 Å². The summed E-state index contributed by atoms with van der Waals surface area (Å²) in [6, 6.07) is 53.3. The zero-order chi connectivity index (χ0) is 39.1. The Morgan fingerprint density at radius 3 is 0.947 bits per heavy atom. The second kappa shape index (κ2) is 19.9. The molecule has 0 nitrogen and oxygen atoms in total. The molecule has 0 heteroatoms. The summed E-state index contributed by atoms with van der Waals surface area (Å²) in [5.74, 6) is 0. The van der Waals surface area contributed by atoms with E-state index in [0.717, 1.165) is 0 Å². The van der Waals surface area contributed by atoms with Gasteiger partial charge in [0.25, 0.3) is 0 Å². The molecule has 0 aromatic heterocycles. The van der Waals surface area contributed by atoms with Crippen molar-refractivity contribution in [1.82, 2.24) is 0 Å². The maximum atomic E-state index is 2.53. The highest BCUT2D eigenvalue weighted by molar-refractivity contribution is 5.85. The lowest BCUT2D eigenvalue weighted by molar-refractivity contribution is 0.401. The van der Waals surface area contributed by atoms with Gasteiger partial charge in [0.2, 0.25) is 0 Å². The molecule has 6 aromatic carbocycles. The zero-order valence-corrected chi connectivity index (χ0v) is 34.0. The van der Waals surface area contributed by atoms with Gasteiger partial charge in [-0.1, -0.05) is 259 Å². The smallest absolute Gasteiger partial charge is 0.0215 e. The fraction of sp³-hybridized carbons (Fsp3) is 0.228. The van der Waals surface area contributed by atoms with Gasteiger partial charge in [0.1, 0.15) is 0 Å². The van der Waals surface area contributed by atoms with Gasteiger partial charge in [-0.25, -0.2) is 0 Å². The molecule has 0 fully saturated rings. The van der Waals surface area contributed by atoms with Crippen molar-refractivity contribution in [2.75, 3.05) is 0 Å². The standard InChI is InChI=1S/C57H58/c1-3-5-7-15-41-57(42-16-8-6-4-2)55-43-51(35-33-49-29-25-47(26-30-49)23-21-45-17-11-9-12-18-45)37-39-53(55)54-40-38-52(44-56(54)57)36-34-50-31-27-48(28-32-50)24-22-46-19-13-10-14-20-46/h9-14,17-40,43-44H,3-8,15-16,41-42H2,1-2H3/b23-21+,24-22+,35-33+,36-34+. The number of fused-ring (bicyclic) bond motifs is 3. The average molecular weight is 743 g/mol. The molecule has 0 saturated heterocycles. The van der Waals surface area contributed by atoms with Gasteiger partial charge in [-0.15, -0.1) is 0 Å². The van der Waals surface area contributed by atoms with Crippen LogP contribution in [0.15, 0.2) is 146 Å². The van der Waals surface area contributed by atoms with Gasteiger partial charge >= 0.3 is 0 Å². The minimum atomic E-state index is 0.0271. The second-order valence-electron chi connectivity index (χ2n) is 15.8. The summed E-state index contributed by atoms with van der Waals surface area (Å²) in [5.41, 5.74) is 15.8. The molecule has 0 spiro atoms. The Kier molecular flexibility index (Phi) is 13.8. The van der Waals surface area contributed by atoms with Crippen LogP contribution in [-0.2, 0) is 5.41 Å². The van der Waals surface area contributed by atoms with Crippen molar-refractivity contribution < 1.29 is 0 Å². The van der Waals surface area contributed by atoms with Gasteiger partial charge in [-0.3, -0.25) is 0 Å². The van der Waals surface area contributed by atoms with E-state index in [9.17, 15) is 0 Å². The number of unbranched alkanes of at least 4 members (excludes halogenated alkanes) is 6. The maximum absolute atomic E-state index is 2.53. The topological polar surface area (TPSA) is 0 Å². The predicted molar refractivity (Wildman–Crippen MR) is 252 cm³/mol. The predicted octanol–water partition coefficient (Wildman–Crippen LogP) is 16.6. The first-order valence-corrected chi connectivity index (χ1v) is 21.5. The van der Waals surface area contributed by atoms with E-state index in [1.807, 2.05) is 0 Å². The second-order valence-corrected chi connectivity index (χ2v) is 15.8. The molecule has 6 aromatic rings. The first-order valence-electron chi connectivity index (χ1n) is 21.5. The Bertz CT molecular complexity index is 2110. The van der Waals surface area contributed by atoms with Crippen LogP contribution in [0.2, 0.25) is 0 Å². The van der Waals surface area contributed by atoms with Crippen molar-refractivity contribution >= 4 is 48.6 Å². The normalized spacial score (nSPS) is 13.3. The summed E-state index contributed by atoms with van der Waals surface area (Å²) in [6.07, 6.45) is 30.5. The van der Waals surface area contributed by atoms with Crippen molar-refractivity contribution in [3.05, 3.63) is 201 Å². The van der Waals surface area contributed by atoms with Crippen molar-refractivity contribution in [1.29, 1.82) is 0 Å². The van der Waals surface area contributed by atoms with Gasteiger partial charge in [-0.2, -0.15) is 0 Å². The van der Waals surface area contributed by atoms with Crippen LogP contribution in [0.3, 0.4) is 0 Å². The molecule has 286 valence electrons. The number of benzene rings is 6. The Hall–Kier alpha value is -5.72. The average Bonchev–Trinajstić information content (AvgIpc) is 3.53. The SMILES string of the molecule is CCCCCCC1(CCCCCC)c2cc(/C=C/c3ccc(/C=C/c4ccccc4)cc3)ccc2-c2ccc(/C=C/c3ccc(/C=C/c4ccccc4)cc3)cc21. The largest absolute Gasteiger partial charge is 0.0654 e. The fourth-order valence-electron chi connectivity index (χ4n) is 8.44. The summed E-state index contributed by atoms with van der Waals surface area (Å²) in [5, 5.41) is 0. The fourth-order valence-corrected chi connectivity index (χ4v) is 8.44. The maximum Gasteiger partial charge on any atom is 0.0215 e. The van der Waals surface area contributed by atoms with E-state index in [-0.39, 0.29) is 5.41 Å². The van der Waals surface area contributed by atoms with E-state index in [1.54, 1.807) is 0 Å². The van der Waals surface area contributed by atoms with Crippen LogP contribution < -0.4 is 0 Å². The van der Waals surface area contributed by atoms with Gasteiger partial charge in [0.15, 0.2) is 0 Å². The van der Waals surface area contributed by atoms with E-state index in [4.69, 9.17) is 0 Å². The van der Waals surface area contributed by atoms with Gasteiger partial charge in [0.05, 0.1) is 0 Å². The van der Waals surface area contributed by atoms with Crippen LogP contribution >= 0.6 is 0 Å². The summed E-state index contributed by atoms with van der Waals surface area (Å²) in [7, 11) is 0. The Balaban J connectivity index is 1.15. The van der Waals surface area contributed by atoms with Crippen LogP contribution in [0.5, 0.6) is 0 Å². The molecular weight excluding hydrogens is 685 g/mol. The first kappa shape index (κ1) is 39.5. The number of hydrogen-bond acceptors (Lipinski definition) is 0. The van der Waals surface area contributed by atoms with Crippen LogP contribution in [0.25, 0.3) is 59.7 Å². The molecule has 1 aliphatic carbocycles. The van der Waals surface area contributed by atoms with Crippen molar-refractivity contribution in [3.8, 4) is 11.1 Å². The van der Waals surface area contributed by atoms with Gasteiger partial charge in [0, 0.05) is 5.41 Å². The minimum absolute atomic E-state index is 0.0271. The molecule has 0 atom stereocenters. The van der Waals surface area contributed by atoms with Crippen LogP contribution in [0, 0.1) is 0 Å². The van der Waals surface area contributed by atoms with E-state index < -0.39 is 0 Å². The molecule has 0 aliphatic heterocycles. The Morgan fingerprint density at radius 2 is 0.614 bits per heavy atom. The highest BCUT2D eigenvalue weighted by atomic mass is 14.4. The minimum Gasteiger partial charge on any atom is -0.0654 e. The third-order valence-electron chi connectivity index (χ3n) is 11.7. The summed E-state index contributed by atoms with van der Waals surface area (Å²) >= 11 is 0. The van der Waals surface area contributed by atoms with Gasteiger partial charge in [-0.05, 0) is 79.6 Å². The lowest BCUT2D eigenvalue weighted by atomic mass is 9.70. The van der Waals surface area contributed by atoms with Crippen molar-refractivity contribution in [2.24, 2.45) is 0 Å². The molecule has 0 heterocycles. The van der Waals surface area contributed by atoms with Crippen LogP contribution in [0.4, 0.5) is 0 Å². The summed E-state index contributed by atoms with van der Waals surface area (Å²) < 4.78 is 0. The van der Waals surface area contributed by atoms with E-state index in [2.05, 4.69) is 208 Å². The quantitative estimate of drug-likeness (QED) is 0.0608. The van der Waals surface area contributed by atoms with Crippen molar-refractivity contribution in [3.63, 3.8) is 0 Å². The third-order valence-corrected chi connectivity index (χ3v) is 11.7. The molecular formula is C57H58. The monoisotopic (exact) mass is 742 g/mol. The molecule has 0 amide bonds. The number of rotatable bonds is 18. The number of hydrogen-bond donors (Lipinski definition) is 0. The summed E-state index contributed by atoms with van der Waals surface area (Å²) in [6.45, 7) is 4.64. The first-order chi connectivity index (χ1) is 28.1. The molecule has 0 N–H and O–H groups in total. The molecule has 1 aliphatic rings. The zero-order valence-electron chi connectivity index (χ0n) is 34.0. The Morgan fingerprint density at radius 1 is 0.316 bits per heavy atom. The third kappa shape index (κ3) is 10.4. The lowest BCUT2D eigenvalue weighted by Gasteiger charge is -2.33. The Labute approximate surface area is 343 Å². The van der Waals surface area contributed by atoms with E-state index >= 15 is 0 Å². The van der Waals surface area contributed by atoms with Crippen LogP contribution in [0.1, 0.15) is 134 Å². The molecule has 7 rings (SSSR count). The highest BCUT2D eigenvalue weighted by Crippen LogP contribution is 2.55. The lowest BCUT2D eigenvalue weighted by Crippen LogP contribution is -2.25. The van der Waals surface area contributed by atoms with E-state index in [1.165, 1.54) is 131 Å². The molecule has 57 heavy (non-hydrogen) atoms. The van der Waals surface area contributed by atoms with E-state index in [0.29, 0.717) is 0 Å². The molecule has 0 bridgehead atoms. The highest BCUT2D eigenvalue weighted by Gasteiger charge is 2.42. The van der Waals surface area contributed by atoms with Gasteiger partial charge < -0.3 is 0 Å².